The predicted molar refractivity (Wildman–Crippen MR) is 145 cm³/mol. The van der Waals surface area contributed by atoms with Crippen molar-refractivity contribution in [1.82, 2.24) is 14.5 Å². The smallest absolute Gasteiger partial charge is 0.274 e. The molecule has 0 N–H and O–H groups in total. The Morgan fingerprint density at radius 2 is 1.89 bits per heavy atom. The highest BCUT2D eigenvalue weighted by Gasteiger charge is 2.42. The van der Waals surface area contributed by atoms with Crippen molar-refractivity contribution in [3.63, 3.8) is 0 Å². The Hall–Kier alpha value is -3.01. The van der Waals surface area contributed by atoms with Crippen LogP contribution in [-0.4, -0.2) is 52.7 Å². The molecule has 2 aliphatic rings. The maximum absolute atomic E-state index is 13.8. The van der Waals surface area contributed by atoms with Crippen LogP contribution >= 0.6 is 22.9 Å². The number of fused-ring (bicyclic) bond motifs is 1. The molecule has 4 aromatic rings. The number of aromatic nitrogens is 2. The third kappa shape index (κ3) is 4.90. The normalized spacial score (nSPS) is 19.8. The number of methoxy groups -OCH3 is 1. The minimum absolute atomic E-state index is 0.0106. The third-order valence-electron chi connectivity index (χ3n) is 7.26. The summed E-state index contributed by atoms with van der Waals surface area (Å²) in [6.07, 6.45) is 2.90. The first-order chi connectivity index (χ1) is 18.3. The second-order valence-electron chi connectivity index (χ2n) is 9.87. The third-order valence-corrected chi connectivity index (χ3v) is 8.63. The van der Waals surface area contributed by atoms with Crippen LogP contribution in [0.5, 0.6) is 11.5 Å². The summed E-state index contributed by atoms with van der Waals surface area (Å²) in [5, 5.41) is 1.39. The maximum atomic E-state index is 13.8. The van der Waals surface area contributed by atoms with E-state index in [2.05, 4.69) is 9.88 Å². The Kier molecular flexibility index (Phi) is 6.62. The molecule has 2 aromatic heterocycles. The maximum Gasteiger partial charge on any atom is 0.274 e. The molecule has 10 heteroatoms. The monoisotopic (exact) mass is 557 g/mol. The van der Waals surface area contributed by atoms with E-state index < -0.39 is 5.92 Å². The molecule has 0 bridgehead atoms. The van der Waals surface area contributed by atoms with Gasteiger partial charge in [-0.2, -0.15) is 0 Å². The van der Waals surface area contributed by atoms with Gasteiger partial charge in [-0.3, -0.25) is 14.3 Å². The lowest BCUT2D eigenvalue weighted by Crippen LogP contribution is -2.59. The van der Waals surface area contributed by atoms with Crippen LogP contribution in [0.25, 0.3) is 26.5 Å². The zero-order chi connectivity index (χ0) is 26.4. The molecule has 38 heavy (non-hydrogen) atoms. The molecule has 1 unspecified atom stereocenters. The molecule has 1 saturated heterocycles. The van der Waals surface area contributed by atoms with Crippen LogP contribution in [0.3, 0.4) is 0 Å². The molecule has 0 amide bonds. The number of thiazole rings is 1. The van der Waals surface area contributed by atoms with Crippen molar-refractivity contribution < 1.29 is 18.3 Å². The fourth-order valence-corrected chi connectivity index (χ4v) is 6.34. The van der Waals surface area contributed by atoms with Gasteiger partial charge in [-0.15, -0.1) is 11.3 Å². The van der Waals surface area contributed by atoms with Crippen molar-refractivity contribution in [2.24, 2.45) is 0 Å². The van der Waals surface area contributed by atoms with Gasteiger partial charge in [-0.1, -0.05) is 23.7 Å². The Bertz CT molecular complexity index is 1530. The van der Waals surface area contributed by atoms with Gasteiger partial charge in [-0.25, -0.2) is 13.8 Å². The summed E-state index contributed by atoms with van der Waals surface area (Å²) in [5.41, 5.74) is 2.01. The fourth-order valence-electron chi connectivity index (χ4n) is 5.22. The van der Waals surface area contributed by atoms with E-state index in [1.165, 1.54) is 11.3 Å². The van der Waals surface area contributed by atoms with Crippen molar-refractivity contribution >= 4 is 33.2 Å². The topological polar surface area (TPSA) is 56.6 Å². The number of hydrogen-bond donors (Lipinski definition) is 0. The zero-order valence-corrected chi connectivity index (χ0v) is 22.3. The van der Waals surface area contributed by atoms with Gasteiger partial charge in [-0.05, 0) is 43.2 Å². The summed E-state index contributed by atoms with van der Waals surface area (Å²) in [5.74, 6) is -1.50. The van der Waals surface area contributed by atoms with Crippen molar-refractivity contribution in [2.75, 3.05) is 20.2 Å². The zero-order valence-electron chi connectivity index (χ0n) is 20.7. The fraction of sp³-hybridized carbons (Fsp3) is 0.357. The molecule has 0 spiro atoms. The first-order valence-corrected chi connectivity index (χ1v) is 13.7. The van der Waals surface area contributed by atoms with E-state index in [1.807, 2.05) is 24.3 Å². The summed E-state index contributed by atoms with van der Waals surface area (Å²) in [6, 6.07) is 14.5. The number of pyridine rings is 1. The van der Waals surface area contributed by atoms with E-state index in [0.29, 0.717) is 51.9 Å². The number of nitrogens with zero attached hydrogens (tertiary/aromatic N) is 3. The van der Waals surface area contributed by atoms with Crippen LogP contribution in [0, 0.1) is 0 Å². The van der Waals surface area contributed by atoms with E-state index in [1.54, 1.807) is 42.1 Å². The summed E-state index contributed by atoms with van der Waals surface area (Å²) in [7, 11) is 1.55. The van der Waals surface area contributed by atoms with Crippen molar-refractivity contribution in [3.05, 3.63) is 70.1 Å². The van der Waals surface area contributed by atoms with E-state index in [9.17, 15) is 13.6 Å². The van der Waals surface area contributed by atoms with Gasteiger partial charge in [0.05, 0.1) is 18.3 Å². The SMILES string of the molecule is COc1cc(-n2ccc3nc(-c4ccc(Cl)cc4)sc3c2=O)ccc1OC1CN(C2CCCC(F)(F)C2)C1. The number of ether oxygens (including phenoxy) is 2. The lowest BCUT2D eigenvalue weighted by molar-refractivity contribution is -0.0925. The van der Waals surface area contributed by atoms with Gasteiger partial charge in [0.25, 0.3) is 5.56 Å². The predicted octanol–water partition coefficient (Wildman–Crippen LogP) is 6.42. The first kappa shape index (κ1) is 25.3. The van der Waals surface area contributed by atoms with Crippen LogP contribution in [0.15, 0.2) is 59.5 Å². The molecule has 2 aromatic carbocycles. The molecular formula is C28H26ClF2N3O3S. The molecule has 6 nitrogen and oxygen atoms in total. The van der Waals surface area contributed by atoms with Crippen molar-refractivity contribution in [2.45, 2.75) is 43.8 Å². The van der Waals surface area contributed by atoms with Gasteiger partial charge in [0.2, 0.25) is 5.92 Å². The first-order valence-electron chi connectivity index (χ1n) is 12.5. The quantitative estimate of drug-likeness (QED) is 0.274. The summed E-state index contributed by atoms with van der Waals surface area (Å²) < 4.78 is 41.4. The van der Waals surface area contributed by atoms with E-state index in [0.717, 1.165) is 17.0 Å². The Morgan fingerprint density at radius 1 is 1.11 bits per heavy atom. The highest BCUT2D eigenvalue weighted by molar-refractivity contribution is 7.21. The van der Waals surface area contributed by atoms with Crippen molar-refractivity contribution in [3.8, 4) is 27.8 Å². The highest BCUT2D eigenvalue weighted by atomic mass is 35.5. The van der Waals surface area contributed by atoms with Gasteiger partial charge in [0, 0.05) is 54.8 Å². The minimum atomic E-state index is -2.56. The van der Waals surface area contributed by atoms with Gasteiger partial charge in [0.1, 0.15) is 15.8 Å². The summed E-state index contributed by atoms with van der Waals surface area (Å²) >= 11 is 7.34. The molecule has 3 heterocycles. The Labute approximate surface area is 227 Å². The lowest BCUT2D eigenvalue weighted by atomic mass is 9.89. The molecule has 2 fully saturated rings. The molecule has 6 rings (SSSR count). The van der Waals surface area contributed by atoms with E-state index >= 15 is 0 Å². The van der Waals surface area contributed by atoms with Crippen molar-refractivity contribution in [1.29, 1.82) is 0 Å². The van der Waals surface area contributed by atoms with Crippen LogP contribution in [-0.2, 0) is 0 Å². The van der Waals surface area contributed by atoms with Crippen LogP contribution in [0.4, 0.5) is 8.78 Å². The lowest BCUT2D eigenvalue weighted by Gasteiger charge is -2.46. The molecule has 1 atom stereocenters. The number of hydrogen-bond acceptors (Lipinski definition) is 6. The van der Waals surface area contributed by atoms with E-state index in [4.69, 9.17) is 21.1 Å². The Morgan fingerprint density at radius 3 is 2.63 bits per heavy atom. The summed E-state index contributed by atoms with van der Waals surface area (Å²) in [4.78, 5) is 20.1. The second kappa shape index (κ2) is 9.94. The minimum Gasteiger partial charge on any atom is -0.493 e. The average Bonchev–Trinajstić information content (AvgIpc) is 3.31. The van der Waals surface area contributed by atoms with Gasteiger partial charge >= 0.3 is 0 Å². The van der Waals surface area contributed by atoms with Crippen LogP contribution < -0.4 is 15.0 Å². The number of rotatable bonds is 6. The Balaban J connectivity index is 1.19. The highest BCUT2D eigenvalue weighted by Crippen LogP contribution is 2.38. The summed E-state index contributed by atoms with van der Waals surface area (Å²) in [6.45, 7) is 1.23. The van der Waals surface area contributed by atoms with Crippen LogP contribution in [0.1, 0.15) is 25.7 Å². The van der Waals surface area contributed by atoms with E-state index in [-0.39, 0.29) is 30.5 Å². The van der Waals surface area contributed by atoms with Crippen LogP contribution in [0.2, 0.25) is 5.02 Å². The molecule has 198 valence electrons. The molecule has 1 aliphatic heterocycles. The average molecular weight is 558 g/mol. The molecule has 1 aliphatic carbocycles. The molecule has 1 saturated carbocycles. The number of benzene rings is 2. The number of halogens is 3. The molecular weight excluding hydrogens is 532 g/mol. The number of likely N-dealkylation sites (tertiary alicyclic amines) is 1. The molecule has 0 radical (unpaired) electrons. The van der Waals surface area contributed by atoms with Gasteiger partial charge in [0.15, 0.2) is 11.5 Å². The number of alkyl halides is 2. The standard InChI is InChI=1S/C28H26ClF2N3O3S/c1-36-24-13-19(8-9-23(24)37-21-15-33(16-21)20-3-2-11-28(30,31)14-20)34-12-10-22-25(27(34)35)38-26(32-22)17-4-6-18(29)7-5-17/h4-10,12-13,20-21H,2-3,11,14-16H2,1H3. The van der Waals surface area contributed by atoms with Gasteiger partial charge < -0.3 is 9.47 Å². The second-order valence-corrected chi connectivity index (χ2v) is 11.3. The largest absolute Gasteiger partial charge is 0.493 e.